The zero-order chi connectivity index (χ0) is 18.4. The highest BCUT2D eigenvalue weighted by atomic mass is 19.4. The maximum absolute atomic E-state index is 12.2. The molecule has 0 radical (unpaired) electrons. The van der Waals surface area contributed by atoms with E-state index in [2.05, 4.69) is 15.0 Å². The minimum Gasteiger partial charge on any atom is -0.468 e. The number of benzene rings is 1. The summed E-state index contributed by atoms with van der Waals surface area (Å²) in [7, 11) is 0. The number of aromatic nitrogens is 1. The van der Waals surface area contributed by atoms with Gasteiger partial charge in [-0.3, -0.25) is 9.59 Å². The van der Waals surface area contributed by atoms with Crippen LogP contribution in [0.25, 0.3) is 0 Å². The van der Waals surface area contributed by atoms with E-state index in [0.717, 1.165) is 0 Å². The quantitative estimate of drug-likeness (QED) is 0.833. The number of hydrogen-bond acceptors (Lipinski definition) is 4. The van der Waals surface area contributed by atoms with E-state index in [1.165, 1.54) is 18.2 Å². The van der Waals surface area contributed by atoms with Crippen LogP contribution in [0.2, 0.25) is 0 Å². The van der Waals surface area contributed by atoms with Gasteiger partial charge in [0.2, 0.25) is 11.8 Å². The number of anilines is 1. The lowest BCUT2D eigenvalue weighted by Crippen LogP contribution is -2.21. The molecule has 0 unspecified atom stereocenters. The predicted octanol–water partition coefficient (Wildman–Crippen LogP) is 2.30. The third-order valence-electron chi connectivity index (χ3n) is 2.97. The van der Waals surface area contributed by atoms with E-state index >= 15 is 0 Å². The molecule has 9 heteroatoms. The maximum atomic E-state index is 12.2. The molecule has 1 aromatic heterocycles. The Morgan fingerprint density at radius 3 is 2.52 bits per heavy atom. The lowest BCUT2D eigenvalue weighted by molar-refractivity contribution is -0.154. The fourth-order valence-corrected chi connectivity index (χ4v) is 1.95. The maximum Gasteiger partial charge on any atom is 0.422 e. The molecule has 2 rings (SSSR count). The largest absolute Gasteiger partial charge is 0.468 e. The Morgan fingerprint density at radius 2 is 1.84 bits per heavy atom. The Kier molecular flexibility index (Phi) is 5.58. The molecule has 0 spiro atoms. The number of carbonyl (C=O) groups excluding carboxylic acids is 2. The molecule has 2 aromatic rings. The Labute approximate surface area is 140 Å². The van der Waals surface area contributed by atoms with Crippen molar-refractivity contribution in [3.8, 4) is 5.88 Å². The fraction of sp³-hybridized carbons (Fsp3) is 0.188. The first-order chi connectivity index (χ1) is 11.7. The molecule has 0 aliphatic heterocycles. The van der Waals surface area contributed by atoms with Gasteiger partial charge in [-0.15, -0.1) is 0 Å². The summed E-state index contributed by atoms with van der Waals surface area (Å²) in [4.78, 5) is 27.0. The van der Waals surface area contributed by atoms with Gasteiger partial charge < -0.3 is 15.8 Å². The van der Waals surface area contributed by atoms with Gasteiger partial charge in [0.1, 0.15) is 5.69 Å². The molecule has 132 valence electrons. The van der Waals surface area contributed by atoms with Crippen LogP contribution in [-0.2, 0) is 11.2 Å². The predicted molar refractivity (Wildman–Crippen MR) is 83.1 cm³/mol. The van der Waals surface area contributed by atoms with Crippen molar-refractivity contribution in [2.24, 2.45) is 5.73 Å². The van der Waals surface area contributed by atoms with Crippen LogP contribution in [0.5, 0.6) is 5.88 Å². The fourth-order valence-electron chi connectivity index (χ4n) is 1.95. The van der Waals surface area contributed by atoms with E-state index in [0.29, 0.717) is 11.3 Å². The van der Waals surface area contributed by atoms with Gasteiger partial charge in [-0.1, -0.05) is 24.3 Å². The van der Waals surface area contributed by atoms with Gasteiger partial charge >= 0.3 is 6.18 Å². The second-order valence-electron chi connectivity index (χ2n) is 5.02. The molecule has 0 bridgehead atoms. The number of hydrogen-bond donors (Lipinski definition) is 2. The Balaban J connectivity index is 2.12. The lowest BCUT2D eigenvalue weighted by atomic mass is 10.1. The van der Waals surface area contributed by atoms with Gasteiger partial charge in [-0.25, -0.2) is 4.98 Å². The van der Waals surface area contributed by atoms with E-state index in [9.17, 15) is 22.8 Å². The zero-order valence-corrected chi connectivity index (χ0v) is 12.8. The topological polar surface area (TPSA) is 94.3 Å². The van der Waals surface area contributed by atoms with Crippen LogP contribution in [0.15, 0.2) is 42.5 Å². The number of carbonyl (C=O) groups is 2. The molecule has 3 N–H and O–H groups in total. The first-order valence-electron chi connectivity index (χ1n) is 7.09. The molecule has 6 nitrogen and oxygen atoms in total. The number of primary amides is 1. The molecular formula is C16H14F3N3O3. The van der Waals surface area contributed by atoms with Crippen molar-refractivity contribution in [2.75, 3.05) is 11.9 Å². The monoisotopic (exact) mass is 353 g/mol. The van der Waals surface area contributed by atoms with Gasteiger partial charge in [0.05, 0.1) is 6.42 Å². The Morgan fingerprint density at radius 1 is 1.12 bits per heavy atom. The minimum absolute atomic E-state index is 0.0708. The van der Waals surface area contributed by atoms with E-state index < -0.39 is 24.6 Å². The van der Waals surface area contributed by atoms with Crippen LogP contribution in [0, 0.1) is 0 Å². The molecule has 0 saturated heterocycles. The minimum atomic E-state index is -4.51. The standard InChI is InChI=1S/C16H14F3N3O3/c17-16(18,19)9-25-14-7-3-6-12(21-14)15(24)22-11-5-2-1-4-10(11)8-13(20)23/h1-7H,8-9H2,(H2,20,23)(H,22,24). The molecule has 1 aromatic carbocycles. The molecule has 0 aliphatic rings. The SMILES string of the molecule is NC(=O)Cc1ccccc1NC(=O)c1cccc(OCC(F)(F)F)n1. The van der Waals surface area contributed by atoms with Crippen LogP contribution < -0.4 is 15.8 Å². The second-order valence-corrected chi connectivity index (χ2v) is 5.02. The van der Waals surface area contributed by atoms with Gasteiger partial charge in [-0.05, 0) is 17.7 Å². The number of pyridine rings is 1. The van der Waals surface area contributed by atoms with Crippen molar-refractivity contribution in [3.63, 3.8) is 0 Å². The Hall–Kier alpha value is -3.10. The van der Waals surface area contributed by atoms with E-state index in [1.54, 1.807) is 24.3 Å². The average Bonchev–Trinajstić information content (AvgIpc) is 2.54. The summed E-state index contributed by atoms with van der Waals surface area (Å²) in [5.74, 6) is -1.55. The van der Waals surface area contributed by atoms with Crippen LogP contribution in [0.1, 0.15) is 16.1 Å². The highest BCUT2D eigenvalue weighted by Crippen LogP contribution is 2.19. The summed E-state index contributed by atoms with van der Waals surface area (Å²) < 4.78 is 41.0. The number of alkyl halides is 3. The van der Waals surface area contributed by atoms with E-state index in [4.69, 9.17) is 5.73 Å². The molecule has 2 amide bonds. The normalized spacial score (nSPS) is 11.0. The molecule has 0 saturated carbocycles. The van der Waals surface area contributed by atoms with Crippen molar-refractivity contribution in [3.05, 3.63) is 53.7 Å². The van der Waals surface area contributed by atoms with Crippen molar-refractivity contribution in [1.82, 2.24) is 4.98 Å². The number of nitrogens with zero attached hydrogens (tertiary/aromatic N) is 1. The summed E-state index contributed by atoms with van der Waals surface area (Å²) in [6.45, 7) is -1.51. The van der Waals surface area contributed by atoms with Gasteiger partial charge in [0, 0.05) is 11.8 Å². The van der Waals surface area contributed by atoms with Gasteiger partial charge in [0.15, 0.2) is 6.61 Å². The van der Waals surface area contributed by atoms with E-state index in [1.807, 2.05) is 0 Å². The highest BCUT2D eigenvalue weighted by molar-refractivity contribution is 6.03. The third kappa shape index (κ3) is 5.79. The highest BCUT2D eigenvalue weighted by Gasteiger charge is 2.28. The number of amides is 2. The number of ether oxygens (including phenoxy) is 1. The number of para-hydroxylation sites is 1. The van der Waals surface area contributed by atoms with Gasteiger partial charge in [0.25, 0.3) is 5.91 Å². The molecule has 0 fully saturated rings. The average molecular weight is 353 g/mol. The van der Waals surface area contributed by atoms with Crippen LogP contribution in [0.3, 0.4) is 0 Å². The van der Waals surface area contributed by atoms with Crippen molar-refractivity contribution < 1.29 is 27.5 Å². The van der Waals surface area contributed by atoms with Crippen molar-refractivity contribution in [2.45, 2.75) is 12.6 Å². The van der Waals surface area contributed by atoms with Crippen molar-refractivity contribution in [1.29, 1.82) is 0 Å². The first kappa shape index (κ1) is 18.2. The summed E-state index contributed by atoms with van der Waals surface area (Å²) >= 11 is 0. The molecule has 25 heavy (non-hydrogen) atoms. The van der Waals surface area contributed by atoms with Crippen LogP contribution in [-0.4, -0.2) is 29.6 Å². The molecular weight excluding hydrogens is 339 g/mol. The number of nitrogens with one attached hydrogen (secondary N) is 1. The van der Waals surface area contributed by atoms with E-state index in [-0.39, 0.29) is 18.0 Å². The smallest absolute Gasteiger partial charge is 0.422 e. The second kappa shape index (κ2) is 7.65. The third-order valence-corrected chi connectivity index (χ3v) is 2.97. The molecule has 1 heterocycles. The summed E-state index contributed by atoms with van der Waals surface area (Å²) in [6.07, 6.45) is -4.58. The van der Waals surface area contributed by atoms with Crippen LogP contribution >= 0.6 is 0 Å². The number of halogens is 3. The number of rotatable bonds is 6. The summed E-state index contributed by atoms with van der Waals surface area (Å²) in [5, 5.41) is 2.54. The summed E-state index contributed by atoms with van der Waals surface area (Å²) in [5.41, 5.74) is 5.88. The molecule has 0 atom stereocenters. The zero-order valence-electron chi connectivity index (χ0n) is 12.8. The van der Waals surface area contributed by atoms with Crippen LogP contribution in [0.4, 0.5) is 18.9 Å². The van der Waals surface area contributed by atoms with Crippen molar-refractivity contribution >= 4 is 17.5 Å². The summed E-state index contributed by atoms with van der Waals surface area (Å²) in [6, 6.07) is 10.4. The first-order valence-corrected chi connectivity index (χ1v) is 7.09. The number of nitrogens with two attached hydrogens (primary N) is 1. The lowest BCUT2D eigenvalue weighted by Gasteiger charge is -2.11. The van der Waals surface area contributed by atoms with Gasteiger partial charge in [-0.2, -0.15) is 13.2 Å². The Bertz CT molecular complexity index is 778. The molecule has 0 aliphatic carbocycles.